The Balaban J connectivity index is 1.55. The Morgan fingerprint density at radius 3 is 2.46 bits per heavy atom. The lowest BCUT2D eigenvalue weighted by Crippen LogP contribution is -2.42. The van der Waals surface area contributed by atoms with Crippen LogP contribution in [0.1, 0.15) is 48.9 Å². The molecule has 28 heavy (non-hydrogen) atoms. The summed E-state index contributed by atoms with van der Waals surface area (Å²) in [5.74, 6) is 0.866. The molecule has 2 aromatic carbocycles. The van der Waals surface area contributed by atoms with E-state index in [1.807, 2.05) is 18.2 Å². The lowest BCUT2D eigenvalue weighted by Gasteiger charge is -2.37. The zero-order valence-electron chi connectivity index (χ0n) is 16.6. The maximum atomic E-state index is 12.4. The molecule has 0 radical (unpaired) electrons. The molecular formula is C24H29N3O. The van der Waals surface area contributed by atoms with Crippen LogP contribution < -0.4 is 5.32 Å². The van der Waals surface area contributed by atoms with E-state index in [0.29, 0.717) is 24.9 Å². The fourth-order valence-corrected chi connectivity index (χ4v) is 3.78. The molecule has 4 nitrogen and oxygen atoms in total. The van der Waals surface area contributed by atoms with Gasteiger partial charge in [-0.25, -0.2) is 0 Å². The molecule has 1 aliphatic heterocycles. The average Bonchev–Trinajstić information content (AvgIpc) is 2.75. The van der Waals surface area contributed by atoms with Crippen LogP contribution in [-0.4, -0.2) is 30.4 Å². The highest BCUT2D eigenvalue weighted by Crippen LogP contribution is 2.26. The van der Waals surface area contributed by atoms with Crippen LogP contribution in [0.25, 0.3) is 0 Å². The van der Waals surface area contributed by atoms with Crippen molar-refractivity contribution in [2.24, 2.45) is 5.92 Å². The summed E-state index contributed by atoms with van der Waals surface area (Å²) in [4.78, 5) is 14.9. The Bertz CT molecular complexity index is 787. The van der Waals surface area contributed by atoms with Crippen molar-refractivity contribution in [2.45, 2.75) is 38.6 Å². The molecule has 0 saturated carbocycles. The van der Waals surface area contributed by atoms with Gasteiger partial charge in [-0.1, -0.05) is 49.4 Å². The highest BCUT2D eigenvalue weighted by atomic mass is 16.1. The highest BCUT2D eigenvalue weighted by molar-refractivity contribution is 5.76. The fraction of sp³-hybridized carbons (Fsp3) is 0.417. The molecule has 1 amide bonds. The summed E-state index contributed by atoms with van der Waals surface area (Å²) in [6, 6.07) is 20.3. The molecule has 1 heterocycles. The van der Waals surface area contributed by atoms with E-state index in [-0.39, 0.29) is 11.9 Å². The number of nitrogens with zero attached hydrogens (tertiary/aromatic N) is 2. The number of nitriles is 1. The molecule has 0 aromatic heterocycles. The van der Waals surface area contributed by atoms with Gasteiger partial charge in [0.15, 0.2) is 0 Å². The third-order valence-corrected chi connectivity index (χ3v) is 5.66. The Hall–Kier alpha value is -2.64. The third-order valence-electron chi connectivity index (χ3n) is 5.66. The number of hydrogen-bond donors (Lipinski definition) is 1. The second-order valence-corrected chi connectivity index (χ2v) is 7.76. The Morgan fingerprint density at radius 1 is 1.14 bits per heavy atom. The number of carbonyl (C=O) groups excluding carboxylic acids is 1. The van der Waals surface area contributed by atoms with Crippen LogP contribution in [-0.2, 0) is 11.2 Å². The van der Waals surface area contributed by atoms with Gasteiger partial charge in [0, 0.05) is 13.0 Å². The Morgan fingerprint density at radius 2 is 1.82 bits per heavy atom. The zero-order chi connectivity index (χ0) is 19.8. The van der Waals surface area contributed by atoms with Crippen LogP contribution in [0.5, 0.6) is 0 Å². The number of amides is 1. The maximum Gasteiger partial charge on any atom is 0.220 e. The van der Waals surface area contributed by atoms with E-state index in [1.165, 1.54) is 18.4 Å². The van der Waals surface area contributed by atoms with E-state index >= 15 is 0 Å². The molecule has 1 atom stereocenters. The lowest BCUT2D eigenvalue weighted by molar-refractivity contribution is -0.121. The minimum atomic E-state index is 0.0793. The second-order valence-electron chi connectivity index (χ2n) is 7.76. The maximum absolute atomic E-state index is 12.4. The Kier molecular flexibility index (Phi) is 7.22. The van der Waals surface area contributed by atoms with Gasteiger partial charge in [0.05, 0.1) is 17.7 Å². The smallest absolute Gasteiger partial charge is 0.220 e. The monoisotopic (exact) mass is 375 g/mol. The van der Waals surface area contributed by atoms with Crippen molar-refractivity contribution in [2.75, 3.05) is 19.6 Å². The summed E-state index contributed by atoms with van der Waals surface area (Å²) in [5, 5.41) is 12.0. The van der Waals surface area contributed by atoms with E-state index < -0.39 is 0 Å². The topological polar surface area (TPSA) is 56.1 Å². The van der Waals surface area contributed by atoms with Gasteiger partial charge in [0.1, 0.15) is 0 Å². The van der Waals surface area contributed by atoms with Crippen molar-refractivity contribution in [1.82, 2.24) is 10.2 Å². The van der Waals surface area contributed by atoms with Crippen molar-refractivity contribution in [3.05, 3.63) is 71.3 Å². The number of likely N-dealkylation sites (tertiary alicyclic amines) is 1. The number of benzene rings is 2. The van der Waals surface area contributed by atoms with Gasteiger partial charge in [-0.05, 0) is 61.5 Å². The number of aryl methyl sites for hydroxylation is 1. The van der Waals surface area contributed by atoms with Gasteiger partial charge in [-0.15, -0.1) is 0 Å². The van der Waals surface area contributed by atoms with E-state index in [0.717, 1.165) is 24.6 Å². The second kappa shape index (κ2) is 10.1. The quantitative estimate of drug-likeness (QED) is 0.793. The number of hydrogen-bond acceptors (Lipinski definition) is 3. The molecule has 3 rings (SSSR count). The van der Waals surface area contributed by atoms with Crippen molar-refractivity contribution in [3.63, 3.8) is 0 Å². The van der Waals surface area contributed by atoms with Crippen LogP contribution >= 0.6 is 0 Å². The normalized spacial score (nSPS) is 16.3. The molecule has 0 aliphatic carbocycles. The van der Waals surface area contributed by atoms with E-state index in [1.54, 1.807) is 12.1 Å². The summed E-state index contributed by atoms with van der Waals surface area (Å²) in [5.41, 5.74) is 3.00. The SMILES string of the molecule is CC1CCN(C(CNC(=O)CCc2ccc(C#N)cc2)c2ccccc2)CC1. The average molecular weight is 376 g/mol. The predicted octanol–water partition coefficient (Wildman–Crippen LogP) is 4.08. The number of nitrogens with one attached hydrogen (secondary N) is 1. The summed E-state index contributed by atoms with van der Waals surface area (Å²) in [6.45, 7) is 5.13. The largest absolute Gasteiger partial charge is 0.354 e. The summed E-state index contributed by atoms with van der Waals surface area (Å²) in [6.07, 6.45) is 3.59. The molecule has 1 fully saturated rings. The molecule has 1 unspecified atom stereocenters. The molecule has 2 aromatic rings. The van der Waals surface area contributed by atoms with Crippen molar-refractivity contribution < 1.29 is 4.79 Å². The van der Waals surface area contributed by atoms with Crippen LogP contribution in [0.4, 0.5) is 0 Å². The Labute approximate surface area is 168 Å². The van der Waals surface area contributed by atoms with Gasteiger partial charge in [-0.3, -0.25) is 9.69 Å². The number of carbonyl (C=O) groups is 1. The van der Waals surface area contributed by atoms with Crippen LogP contribution in [0.15, 0.2) is 54.6 Å². The standard InChI is InChI=1S/C24H29N3O/c1-19-13-15-27(16-14-19)23(22-5-3-2-4-6-22)18-26-24(28)12-11-20-7-9-21(17-25)10-8-20/h2-10,19,23H,11-16,18H2,1H3,(H,26,28). The molecule has 146 valence electrons. The predicted molar refractivity (Wildman–Crippen MR) is 112 cm³/mol. The molecule has 0 bridgehead atoms. The number of piperidine rings is 1. The number of rotatable bonds is 7. The van der Waals surface area contributed by atoms with Crippen LogP contribution in [0.3, 0.4) is 0 Å². The fourth-order valence-electron chi connectivity index (χ4n) is 3.78. The first-order valence-corrected chi connectivity index (χ1v) is 10.2. The van der Waals surface area contributed by atoms with E-state index in [4.69, 9.17) is 5.26 Å². The zero-order valence-corrected chi connectivity index (χ0v) is 16.6. The van der Waals surface area contributed by atoms with Crippen molar-refractivity contribution in [3.8, 4) is 6.07 Å². The van der Waals surface area contributed by atoms with E-state index in [9.17, 15) is 4.79 Å². The summed E-state index contributed by atoms with van der Waals surface area (Å²) in [7, 11) is 0. The van der Waals surface area contributed by atoms with Gasteiger partial charge in [0.2, 0.25) is 5.91 Å². The first kappa shape index (κ1) is 20.1. The molecule has 4 heteroatoms. The lowest BCUT2D eigenvalue weighted by atomic mass is 9.95. The molecule has 0 spiro atoms. The molecular weight excluding hydrogens is 346 g/mol. The van der Waals surface area contributed by atoms with Gasteiger partial charge >= 0.3 is 0 Å². The van der Waals surface area contributed by atoms with E-state index in [2.05, 4.69) is 47.5 Å². The van der Waals surface area contributed by atoms with Crippen LogP contribution in [0.2, 0.25) is 0 Å². The third kappa shape index (κ3) is 5.68. The molecule has 1 aliphatic rings. The van der Waals surface area contributed by atoms with Gasteiger partial charge in [-0.2, -0.15) is 5.26 Å². The van der Waals surface area contributed by atoms with Gasteiger partial charge in [0.25, 0.3) is 0 Å². The van der Waals surface area contributed by atoms with Crippen molar-refractivity contribution in [1.29, 1.82) is 5.26 Å². The molecule has 1 N–H and O–H groups in total. The first-order valence-electron chi connectivity index (χ1n) is 10.2. The minimum absolute atomic E-state index is 0.0793. The van der Waals surface area contributed by atoms with Crippen LogP contribution in [0, 0.1) is 17.2 Å². The van der Waals surface area contributed by atoms with Crippen molar-refractivity contribution >= 4 is 5.91 Å². The van der Waals surface area contributed by atoms with Gasteiger partial charge < -0.3 is 5.32 Å². The minimum Gasteiger partial charge on any atom is -0.354 e. The summed E-state index contributed by atoms with van der Waals surface area (Å²) >= 11 is 0. The summed E-state index contributed by atoms with van der Waals surface area (Å²) < 4.78 is 0. The first-order chi connectivity index (χ1) is 13.7. The molecule has 1 saturated heterocycles. The highest BCUT2D eigenvalue weighted by Gasteiger charge is 2.24.